The summed E-state index contributed by atoms with van der Waals surface area (Å²) in [6.07, 6.45) is 1.37. The Morgan fingerprint density at radius 3 is 2.76 bits per heavy atom. The minimum atomic E-state index is -0.538. The summed E-state index contributed by atoms with van der Waals surface area (Å²) in [5, 5.41) is 13.3. The SMILES string of the molecule is Cc1cc(N)c(C(=O)Nc2cc([N+](=O)[O-])ccc2Br)cn1. The minimum Gasteiger partial charge on any atom is -0.398 e. The number of nitrogens with zero attached hydrogens (tertiary/aromatic N) is 2. The lowest BCUT2D eigenvalue weighted by Gasteiger charge is -2.09. The van der Waals surface area contributed by atoms with E-state index in [-0.39, 0.29) is 16.9 Å². The maximum absolute atomic E-state index is 12.2. The second kappa shape index (κ2) is 5.88. The van der Waals surface area contributed by atoms with Crippen molar-refractivity contribution in [2.24, 2.45) is 0 Å². The molecule has 3 N–H and O–H groups in total. The summed E-state index contributed by atoms with van der Waals surface area (Å²) >= 11 is 3.23. The normalized spacial score (nSPS) is 10.2. The first kappa shape index (κ1) is 14.9. The lowest BCUT2D eigenvalue weighted by atomic mass is 10.2. The van der Waals surface area contributed by atoms with Crippen LogP contribution in [0.25, 0.3) is 0 Å². The van der Waals surface area contributed by atoms with Crippen LogP contribution in [0.3, 0.4) is 0 Å². The van der Waals surface area contributed by atoms with Gasteiger partial charge in [0.1, 0.15) is 0 Å². The van der Waals surface area contributed by atoms with Gasteiger partial charge in [0.05, 0.1) is 16.2 Å². The van der Waals surface area contributed by atoms with Crippen LogP contribution in [0, 0.1) is 17.0 Å². The lowest BCUT2D eigenvalue weighted by Crippen LogP contribution is -2.15. The molecule has 0 aliphatic heterocycles. The van der Waals surface area contributed by atoms with Crippen molar-refractivity contribution < 1.29 is 9.72 Å². The van der Waals surface area contributed by atoms with Crippen LogP contribution in [0.4, 0.5) is 17.1 Å². The highest BCUT2D eigenvalue weighted by Crippen LogP contribution is 2.28. The van der Waals surface area contributed by atoms with Crippen molar-refractivity contribution in [1.29, 1.82) is 0 Å². The Labute approximate surface area is 128 Å². The molecule has 1 amide bonds. The number of pyridine rings is 1. The molecule has 8 heteroatoms. The number of aryl methyl sites for hydroxylation is 1. The van der Waals surface area contributed by atoms with E-state index in [0.29, 0.717) is 15.9 Å². The smallest absolute Gasteiger partial charge is 0.271 e. The summed E-state index contributed by atoms with van der Waals surface area (Å²) < 4.78 is 0.528. The summed E-state index contributed by atoms with van der Waals surface area (Å²) in [7, 11) is 0. The van der Waals surface area contributed by atoms with E-state index in [4.69, 9.17) is 5.73 Å². The zero-order valence-electron chi connectivity index (χ0n) is 11.0. The molecule has 2 rings (SSSR count). The van der Waals surface area contributed by atoms with E-state index < -0.39 is 10.8 Å². The van der Waals surface area contributed by atoms with Gasteiger partial charge in [-0.15, -0.1) is 0 Å². The molecule has 2 aromatic rings. The van der Waals surface area contributed by atoms with Crippen LogP contribution in [-0.4, -0.2) is 15.8 Å². The van der Waals surface area contributed by atoms with Gasteiger partial charge < -0.3 is 11.1 Å². The summed E-state index contributed by atoms with van der Waals surface area (Å²) in [5.74, 6) is -0.485. The molecule has 7 nitrogen and oxygen atoms in total. The topological polar surface area (TPSA) is 111 Å². The molecule has 0 fully saturated rings. The molecule has 0 saturated heterocycles. The van der Waals surface area contributed by atoms with Gasteiger partial charge in [0, 0.05) is 34.2 Å². The number of nitro benzene ring substituents is 1. The Morgan fingerprint density at radius 2 is 2.14 bits per heavy atom. The van der Waals surface area contributed by atoms with Crippen molar-refractivity contribution in [1.82, 2.24) is 4.98 Å². The predicted octanol–water partition coefficient (Wildman–Crippen LogP) is 2.90. The van der Waals surface area contributed by atoms with Gasteiger partial charge in [-0.3, -0.25) is 19.9 Å². The van der Waals surface area contributed by atoms with Crippen LogP contribution >= 0.6 is 15.9 Å². The van der Waals surface area contributed by atoms with Crippen molar-refractivity contribution in [3.8, 4) is 0 Å². The molecule has 1 aromatic heterocycles. The first-order chi connectivity index (χ1) is 9.88. The Hall–Kier alpha value is -2.48. The number of nitrogen functional groups attached to an aromatic ring is 1. The van der Waals surface area contributed by atoms with Gasteiger partial charge >= 0.3 is 0 Å². The molecule has 1 heterocycles. The van der Waals surface area contributed by atoms with Crippen LogP contribution < -0.4 is 11.1 Å². The number of carbonyl (C=O) groups excluding carboxylic acids is 1. The first-order valence-corrected chi connectivity index (χ1v) is 6.65. The van der Waals surface area contributed by atoms with Gasteiger partial charge in [-0.1, -0.05) is 0 Å². The van der Waals surface area contributed by atoms with Gasteiger partial charge in [0.25, 0.3) is 11.6 Å². The van der Waals surface area contributed by atoms with E-state index in [0.717, 1.165) is 0 Å². The highest BCUT2D eigenvalue weighted by Gasteiger charge is 2.15. The number of nitrogens with one attached hydrogen (secondary N) is 1. The predicted molar refractivity (Wildman–Crippen MR) is 82.1 cm³/mol. The molecule has 108 valence electrons. The lowest BCUT2D eigenvalue weighted by molar-refractivity contribution is -0.384. The zero-order valence-corrected chi connectivity index (χ0v) is 12.5. The van der Waals surface area contributed by atoms with Crippen LogP contribution in [0.5, 0.6) is 0 Å². The summed E-state index contributed by atoms with van der Waals surface area (Å²) in [4.78, 5) is 26.4. The van der Waals surface area contributed by atoms with Crippen molar-refractivity contribution in [2.45, 2.75) is 6.92 Å². The monoisotopic (exact) mass is 350 g/mol. The molecule has 21 heavy (non-hydrogen) atoms. The number of nitro groups is 1. The van der Waals surface area contributed by atoms with Crippen molar-refractivity contribution in [3.05, 3.63) is 56.3 Å². The number of nitrogens with two attached hydrogens (primary N) is 1. The number of carbonyl (C=O) groups is 1. The molecule has 0 atom stereocenters. The van der Waals surface area contributed by atoms with Crippen molar-refractivity contribution >= 4 is 38.9 Å². The largest absolute Gasteiger partial charge is 0.398 e. The molecule has 0 spiro atoms. The summed E-state index contributed by atoms with van der Waals surface area (Å²) in [6, 6.07) is 5.67. The highest BCUT2D eigenvalue weighted by molar-refractivity contribution is 9.10. The van der Waals surface area contributed by atoms with Gasteiger partial charge in [-0.05, 0) is 35.0 Å². The van der Waals surface area contributed by atoms with E-state index in [1.54, 1.807) is 13.0 Å². The Morgan fingerprint density at radius 1 is 1.43 bits per heavy atom. The first-order valence-electron chi connectivity index (χ1n) is 5.86. The van der Waals surface area contributed by atoms with E-state index >= 15 is 0 Å². The Balaban J connectivity index is 2.31. The third kappa shape index (κ3) is 3.34. The number of non-ortho nitro benzene ring substituents is 1. The van der Waals surface area contributed by atoms with Crippen molar-refractivity contribution in [2.75, 3.05) is 11.1 Å². The van der Waals surface area contributed by atoms with Crippen molar-refractivity contribution in [3.63, 3.8) is 0 Å². The van der Waals surface area contributed by atoms with Gasteiger partial charge in [-0.2, -0.15) is 0 Å². The van der Waals surface area contributed by atoms with E-state index in [2.05, 4.69) is 26.2 Å². The average Bonchev–Trinajstić information content (AvgIpc) is 2.40. The zero-order chi connectivity index (χ0) is 15.6. The molecule has 0 bridgehead atoms. The number of aromatic nitrogens is 1. The molecule has 1 aromatic carbocycles. The number of hydrogen-bond donors (Lipinski definition) is 2. The molecule has 0 aliphatic carbocycles. The third-order valence-electron chi connectivity index (χ3n) is 2.73. The van der Waals surface area contributed by atoms with Crippen LogP contribution in [0.2, 0.25) is 0 Å². The highest BCUT2D eigenvalue weighted by atomic mass is 79.9. The quantitative estimate of drug-likeness (QED) is 0.652. The van der Waals surface area contributed by atoms with Gasteiger partial charge in [0.2, 0.25) is 0 Å². The van der Waals surface area contributed by atoms with E-state index in [1.807, 2.05) is 0 Å². The second-order valence-corrected chi connectivity index (χ2v) is 5.14. The van der Waals surface area contributed by atoms with E-state index in [9.17, 15) is 14.9 Å². The van der Waals surface area contributed by atoms with Crippen LogP contribution in [-0.2, 0) is 0 Å². The molecule has 0 radical (unpaired) electrons. The average molecular weight is 351 g/mol. The fraction of sp³-hybridized carbons (Fsp3) is 0.0769. The van der Waals surface area contributed by atoms with E-state index in [1.165, 1.54) is 24.4 Å². The number of anilines is 2. The molecule has 0 aliphatic rings. The Bertz CT molecular complexity index is 733. The maximum Gasteiger partial charge on any atom is 0.271 e. The van der Waals surface area contributed by atoms with Gasteiger partial charge in [-0.25, -0.2) is 0 Å². The standard InChI is InChI=1S/C13H11BrN4O3/c1-7-4-11(15)9(6-16-7)13(19)17-12-5-8(18(20)21)2-3-10(12)14/h2-6H,1H3,(H2,15,16)(H,17,19). The Kier molecular flexibility index (Phi) is 4.18. The number of benzene rings is 1. The fourth-order valence-corrected chi connectivity index (χ4v) is 2.03. The number of hydrogen-bond acceptors (Lipinski definition) is 5. The number of rotatable bonds is 3. The number of amides is 1. The molecular formula is C13H11BrN4O3. The summed E-state index contributed by atoms with van der Waals surface area (Å²) in [5.41, 5.74) is 7.13. The second-order valence-electron chi connectivity index (χ2n) is 4.29. The molecule has 0 saturated carbocycles. The third-order valence-corrected chi connectivity index (χ3v) is 3.42. The molecular weight excluding hydrogens is 340 g/mol. The minimum absolute atomic E-state index is 0.122. The fourth-order valence-electron chi connectivity index (χ4n) is 1.68. The van der Waals surface area contributed by atoms with Crippen LogP contribution in [0.1, 0.15) is 16.1 Å². The number of halogens is 1. The summed E-state index contributed by atoms with van der Waals surface area (Å²) in [6.45, 7) is 1.76. The maximum atomic E-state index is 12.2. The molecule has 0 unspecified atom stereocenters. The van der Waals surface area contributed by atoms with Gasteiger partial charge in [0.15, 0.2) is 0 Å². The van der Waals surface area contributed by atoms with Crippen LogP contribution in [0.15, 0.2) is 34.9 Å².